The van der Waals surface area contributed by atoms with Crippen LogP contribution in [0.2, 0.25) is 5.02 Å². The Morgan fingerprint density at radius 1 is 1.12 bits per heavy atom. The number of nitrogens with one attached hydrogen (secondary N) is 1. The van der Waals surface area contributed by atoms with Crippen molar-refractivity contribution in [2.75, 3.05) is 14.2 Å². The van der Waals surface area contributed by atoms with E-state index in [1.807, 2.05) is 24.3 Å². The van der Waals surface area contributed by atoms with Crippen LogP contribution in [0.5, 0.6) is 11.5 Å². The third-order valence-electron chi connectivity index (χ3n) is 4.23. The third kappa shape index (κ3) is 7.91. The summed E-state index contributed by atoms with van der Waals surface area (Å²) in [5, 5.41) is 3.01. The van der Waals surface area contributed by atoms with E-state index in [-0.39, 0.29) is 13.0 Å². The molecule has 2 aromatic rings. The topological polar surface area (TPSA) is 83.1 Å². The lowest BCUT2D eigenvalue weighted by molar-refractivity contribution is -0.143. The largest absolute Gasteiger partial charge is 0.497 e. The molecule has 0 saturated heterocycles. The van der Waals surface area contributed by atoms with Gasteiger partial charge in [0.25, 0.3) is 0 Å². The normalized spacial score (nSPS) is 12.0. The predicted octanol–water partition coefficient (Wildman–Crippen LogP) is 5.30. The molecule has 1 N–H and O–H groups in total. The van der Waals surface area contributed by atoms with Crippen molar-refractivity contribution < 1.29 is 28.5 Å². The van der Waals surface area contributed by atoms with Gasteiger partial charge in [-0.2, -0.15) is 0 Å². The average Bonchev–Trinajstić information content (AvgIpc) is 2.71. The highest BCUT2D eigenvalue weighted by molar-refractivity contribution is 9.10. The number of hydrogen-bond acceptors (Lipinski definition) is 6. The second kappa shape index (κ2) is 11.4. The van der Waals surface area contributed by atoms with Crippen LogP contribution in [-0.4, -0.2) is 37.9 Å². The Balaban J connectivity index is 2.24. The minimum Gasteiger partial charge on any atom is -0.497 e. The second-order valence-electron chi connectivity index (χ2n) is 7.94. The first-order valence-corrected chi connectivity index (χ1v) is 11.0. The van der Waals surface area contributed by atoms with Crippen molar-refractivity contribution in [3.05, 3.63) is 57.0 Å². The smallest absolute Gasteiger partial charge is 0.408 e. The fourth-order valence-corrected chi connectivity index (χ4v) is 3.80. The summed E-state index contributed by atoms with van der Waals surface area (Å²) in [6, 6.07) is 9.85. The van der Waals surface area contributed by atoms with Gasteiger partial charge in [0.1, 0.15) is 29.7 Å². The van der Waals surface area contributed by atoms with Gasteiger partial charge in [-0.1, -0.05) is 23.7 Å². The van der Waals surface area contributed by atoms with Crippen LogP contribution < -0.4 is 14.8 Å². The number of methoxy groups -OCH3 is 2. The first-order valence-electron chi connectivity index (χ1n) is 9.83. The molecule has 0 aliphatic rings. The summed E-state index contributed by atoms with van der Waals surface area (Å²) in [6.07, 6.45) is -0.641. The molecule has 174 valence electrons. The lowest BCUT2D eigenvalue weighted by atomic mass is 10.0. The number of carbonyl (C=O) groups is 2. The maximum absolute atomic E-state index is 12.3. The second-order valence-corrected chi connectivity index (χ2v) is 9.23. The molecule has 0 aliphatic heterocycles. The van der Waals surface area contributed by atoms with Crippen molar-refractivity contribution in [3.63, 3.8) is 0 Å². The Kier molecular flexibility index (Phi) is 9.21. The molecule has 2 aromatic carbocycles. The van der Waals surface area contributed by atoms with Gasteiger partial charge in [-0.15, -0.1) is 0 Å². The highest BCUT2D eigenvalue weighted by atomic mass is 79.9. The molecule has 9 heteroatoms. The van der Waals surface area contributed by atoms with E-state index in [4.69, 9.17) is 30.5 Å². The molecule has 0 radical (unpaired) electrons. The molecule has 0 spiro atoms. The average molecular weight is 529 g/mol. The fourth-order valence-electron chi connectivity index (χ4n) is 2.81. The van der Waals surface area contributed by atoms with Crippen LogP contribution in [0, 0.1) is 0 Å². The van der Waals surface area contributed by atoms with Crippen LogP contribution in [-0.2, 0) is 27.3 Å². The van der Waals surface area contributed by atoms with E-state index in [9.17, 15) is 9.59 Å². The monoisotopic (exact) mass is 527 g/mol. The van der Waals surface area contributed by atoms with Gasteiger partial charge in [0.05, 0.1) is 18.7 Å². The van der Waals surface area contributed by atoms with E-state index in [1.54, 1.807) is 40.0 Å². The van der Waals surface area contributed by atoms with Gasteiger partial charge in [-0.25, -0.2) is 9.59 Å². The Labute approximate surface area is 201 Å². The van der Waals surface area contributed by atoms with Crippen molar-refractivity contribution in [2.24, 2.45) is 0 Å². The zero-order valence-corrected chi connectivity index (χ0v) is 21.0. The molecule has 0 aromatic heterocycles. The fraction of sp³-hybridized carbons (Fsp3) is 0.391. The number of amides is 1. The Morgan fingerprint density at radius 3 is 2.34 bits per heavy atom. The SMILES string of the molecule is COC(=O)[C@H](Cc1cc(Cl)cc(Br)c1OCc1ccc(OC)cc1)NC(=O)OC(C)(C)C. The Bertz CT molecular complexity index is 943. The number of rotatable bonds is 8. The third-order valence-corrected chi connectivity index (χ3v) is 5.04. The molecule has 0 heterocycles. The molecule has 0 saturated carbocycles. The molecule has 0 unspecified atom stereocenters. The molecule has 7 nitrogen and oxygen atoms in total. The van der Waals surface area contributed by atoms with E-state index >= 15 is 0 Å². The number of carbonyl (C=O) groups excluding carboxylic acids is 2. The summed E-state index contributed by atoms with van der Waals surface area (Å²) < 4.78 is 22.0. The molecule has 0 aliphatic carbocycles. The van der Waals surface area contributed by atoms with E-state index in [0.29, 0.717) is 20.8 Å². The van der Waals surface area contributed by atoms with Gasteiger partial charge in [0, 0.05) is 11.4 Å². The van der Waals surface area contributed by atoms with Gasteiger partial charge in [0.2, 0.25) is 0 Å². The van der Waals surface area contributed by atoms with E-state index < -0.39 is 23.7 Å². The lowest BCUT2D eigenvalue weighted by Gasteiger charge is -2.23. The summed E-state index contributed by atoms with van der Waals surface area (Å²) >= 11 is 9.71. The van der Waals surface area contributed by atoms with Gasteiger partial charge in [-0.3, -0.25) is 0 Å². The van der Waals surface area contributed by atoms with Crippen LogP contribution in [0.15, 0.2) is 40.9 Å². The zero-order valence-electron chi connectivity index (χ0n) is 18.7. The standard InChI is InChI=1S/C23H27BrClNO6/c1-23(2,3)32-22(28)26-19(21(27)30-5)11-15-10-16(25)12-18(24)20(15)31-13-14-6-8-17(29-4)9-7-14/h6-10,12,19H,11,13H2,1-5H3,(H,26,28)/t19-/m0/s1. The molecular weight excluding hydrogens is 502 g/mol. The minimum absolute atomic E-state index is 0.0863. The van der Waals surface area contributed by atoms with Crippen LogP contribution >= 0.6 is 27.5 Å². The first-order chi connectivity index (χ1) is 15.0. The van der Waals surface area contributed by atoms with E-state index in [0.717, 1.165) is 11.3 Å². The molecule has 0 bridgehead atoms. The van der Waals surface area contributed by atoms with Gasteiger partial charge >= 0.3 is 12.1 Å². The van der Waals surface area contributed by atoms with Gasteiger partial charge in [0.15, 0.2) is 0 Å². The van der Waals surface area contributed by atoms with E-state index in [1.165, 1.54) is 7.11 Å². The summed E-state index contributed by atoms with van der Waals surface area (Å²) in [7, 11) is 2.85. The van der Waals surface area contributed by atoms with Crippen LogP contribution in [0.3, 0.4) is 0 Å². The number of esters is 1. The molecule has 0 fully saturated rings. The van der Waals surface area contributed by atoms with Crippen LogP contribution in [0.25, 0.3) is 0 Å². The molecule has 1 amide bonds. The number of benzene rings is 2. The highest BCUT2D eigenvalue weighted by Crippen LogP contribution is 2.34. The lowest BCUT2D eigenvalue weighted by Crippen LogP contribution is -2.45. The maximum Gasteiger partial charge on any atom is 0.408 e. The summed E-state index contributed by atoms with van der Waals surface area (Å²) in [4.78, 5) is 24.6. The van der Waals surface area contributed by atoms with Crippen molar-refractivity contribution >= 4 is 39.6 Å². The molecule has 1 atom stereocenters. The molecule has 32 heavy (non-hydrogen) atoms. The van der Waals surface area contributed by atoms with Crippen molar-refractivity contribution in [1.29, 1.82) is 0 Å². The van der Waals surface area contributed by atoms with Crippen molar-refractivity contribution in [1.82, 2.24) is 5.32 Å². The summed E-state index contributed by atoms with van der Waals surface area (Å²) in [6.45, 7) is 5.48. The summed E-state index contributed by atoms with van der Waals surface area (Å²) in [5.41, 5.74) is 0.829. The summed E-state index contributed by atoms with van der Waals surface area (Å²) in [5.74, 6) is 0.634. The minimum atomic E-state index is -0.997. The predicted molar refractivity (Wildman–Crippen MR) is 125 cm³/mol. The number of ether oxygens (including phenoxy) is 4. The molecular formula is C23H27BrClNO6. The van der Waals surface area contributed by atoms with Crippen molar-refractivity contribution in [3.8, 4) is 11.5 Å². The Morgan fingerprint density at radius 2 is 1.78 bits per heavy atom. The molecule has 2 rings (SSSR count). The quantitative estimate of drug-likeness (QED) is 0.468. The maximum atomic E-state index is 12.3. The number of hydrogen-bond donors (Lipinski definition) is 1. The number of halogens is 2. The van der Waals surface area contributed by atoms with Gasteiger partial charge in [-0.05, 0) is 72.1 Å². The first kappa shape index (κ1) is 25.8. The van der Waals surface area contributed by atoms with Crippen LogP contribution in [0.4, 0.5) is 4.79 Å². The van der Waals surface area contributed by atoms with Crippen LogP contribution in [0.1, 0.15) is 31.9 Å². The van der Waals surface area contributed by atoms with E-state index in [2.05, 4.69) is 21.2 Å². The number of alkyl carbamates (subject to hydrolysis) is 1. The van der Waals surface area contributed by atoms with Crippen molar-refractivity contribution in [2.45, 2.75) is 45.4 Å². The highest BCUT2D eigenvalue weighted by Gasteiger charge is 2.27. The zero-order chi connectivity index (χ0) is 23.9. The van der Waals surface area contributed by atoms with Gasteiger partial charge < -0.3 is 24.3 Å². The Hall–Kier alpha value is -2.45.